The minimum absolute atomic E-state index is 0.340. The van der Waals surface area contributed by atoms with Crippen LogP contribution in [0.1, 0.15) is 29.9 Å². The summed E-state index contributed by atoms with van der Waals surface area (Å²) in [6, 6.07) is 1.54. The molecule has 16 heavy (non-hydrogen) atoms. The molecule has 0 bridgehead atoms. The van der Waals surface area contributed by atoms with Gasteiger partial charge in [-0.05, 0) is 25.5 Å². The van der Waals surface area contributed by atoms with E-state index in [1.165, 1.54) is 7.11 Å². The highest BCUT2D eigenvalue weighted by Crippen LogP contribution is 2.25. The molecule has 0 amide bonds. The molecule has 1 aromatic rings. The minimum atomic E-state index is -1.02. The van der Waals surface area contributed by atoms with Gasteiger partial charge in [0, 0.05) is 13.2 Å². The van der Waals surface area contributed by atoms with Gasteiger partial charge in [0.05, 0.1) is 12.5 Å². The average molecular weight is 225 g/mol. The molecule has 0 unspecified atom stereocenters. The van der Waals surface area contributed by atoms with Crippen molar-refractivity contribution >= 4 is 11.9 Å². The van der Waals surface area contributed by atoms with Gasteiger partial charge < -0.3 is 14.4 Å². The van der Waals surface area contributed by atoms with Crippen LogP contribution in [0.3, 0.4) is 0 Å². The van der Waals surface area contributed by atoms with Crippen molar-refractivity contribution in [3.63, 3.8) is 0 Å². The number of aromatic nitrogens is 1. The Morgan fingerprint density at radius 3 is 2.44 bits per heavy atom. The van der Waals surface area contributed by atoms with Crippen LogP contribution in [0.15, 0.2) is 12.3 Å². The largest absolute Gasteiger partial charge is 0.481 e. The van der Waals surface area contributed by atoms with E-state index in [1.54, 1.807) is 37.7 Å². The van der Waals surface area contributed by atoms with E-state index < -0.39 is 17.4 Å². The van der Waals surface area contributed by atoms with Crippen LogP contribution in [0.25, 0.3) is 0 Å². The number of carboxylic acids is 1. The van der Waals surface area contributed by atoms with Crippen LogP contribution in [-0.2, 0) is 22.0 Å². The SMILES string of the molecule is COC(=O)c1cc(C(C)(C)C(=O)O)cn1C. The number of rotatable bonds is 3. The van der Waals surface area contributed by atoms with Crippen LogP contribution in [0, 0.1) is 0 Å². The molecular weight excluding hydrogens is 210 g/mol. The molecule has 1 N–H and O–H groups in total. The van der Waals surface area contributed by atoms with Gasteiger partial charge in [0.2, 0.25) is 0 Å². The van der Waals surface area contributed by atoms with Crippen molar-refractivity contribution in [2.75, 3.05) is 7.11 Å². The smallest absolute Gasteiger partial charge is 0.354 e. The highest BCUT2D eigenvalue weighted by molar-refractivity contribution is 5.89. The lowest BCUT2D eigenvalue weighted by atomic mass is 9.86. The number of carbonyl (C=O) groups is 2. The van der Waals surface area contributed by atoms with Crippen LogP contribution in [0.5, 0.6) is 0 Å². The van der Waals surface area contributed by atoms with E-state index in [1.807, 2.05) is 0 Å². The lowest BCUT2D eigenvalue weighted by molar-refractivity contribution is -0.142. The number of aliphatic carboxylic acids is 1. The summed E-state index contributed by atoms with van der Waals surface area (Å²) in [6.07, 6.45) is 1.63. The Morgan fingerprint density at radius 2 is 2.00 bits per heavy atom. The Labute approximate surface area is 93.6 Å². The first-order valence-electron chi connectivity index (χ1n) is 4.79. The van der Waals surface area contributed by atoms with Crippen molar-refractivity contribution in [2.45, 2.75) is 19.3 Å². The van der Waals surface area contributed by atoms with Gasteiger partial charge in [0.1, 0.15) is 5.69 Å². The van der Waals surface area contributed by atoms with Gasteiger partial charge >= 0.3 is 11.9 Å². The van der Waals surface area contributed by atoms with Gasteiger partial charge in [0.15, 0.2) is 0 Å². The fraction of sp³-hybridized carbons (Fsp3) is 0.455. The van der Waals surface area contributed by atoms with E-state index in [2.05, 4.69) is 4.74 Å². The number of hydrogen-bond donors (Lipinski definition) is 1. The number of carboxylic acid groups (broad SMARTS) is 1. The third kappa shape index (κ3) is 1.93. The summed E-state index contributed by atoms with van der Waals surface area (Å²) in [4.78, 5) is 22.4. The molecule has 88 valence electrons. The highest BCUT2D eigenvalue weighted by Gasteiger charge is 2.31. The van der Waals surface area contributed by atoms with Crippen LogP contribution in [-0.4, -0.2) is 28.7 Å². The molecule has 5 heteroatoms. The van der Waals surface area contributed by atoms with Crippen molar-refractivity contribution in [1.82, 2.24) is 4.57 Å². The lowest BCUT2D eigenvalue weighted by Crippen LogP contribution is -2.27. The summed E-state index contributed by atoms with van der Waals surface area (Å²) in [7, 11) is 2.96. The summed E-state index contributed by atoms with van der Waals surface area (Å²) in [5, 5.41) is 9.07. The molecule has 0 saturated heterocycles. The molecule has 0 aliphatic rings. The fourth-order valence-electron chi connectivity index (χ4n) is 1.34. The molecule has 0 atom stereocenters. The molecule has 0 aliphatic heterocycles. The summed E-state index contributed by atoms with van der Waals surface area (Å²) < 4.78 is 6.16. The normalized spacial score (nSPS) is 11.2. The molecule has 1 aromatic heterocycles. The Bertz CT molecular complexity index is 431. The molecule has 1 rings (SSSR count). The van der Waals surface area contributed by atoms with E-state index in [4.69, 9.17) is 5.11 Å². The number of aryl methyl sites for hydroxylation is 1. The van der Waals surface area contributed by atoms with Crippen LogP contribution < -0.4 is 0 Å². The lowest BCUT2D eigenvalue weighted by Gasteiger charge is -2.16. The summed E-state index contributed by atoms with van der Waals surface area (Å²) >= 11 is 0. The maximum Gasteiger partial charge on any atom is 0.354 e. The summed E-state index contributed by atoms with van der Waals surface area (Å²) in [5.41, 5.74) is -0.112. The molecule has 0 aromatic carbocycles. The first kappa shape index (κ1) is 12.3. The quantitative estimate of drug-likeness (QED) is 0.784. The predicted octanol–water partition coefficient (Wildman–Crippen LogP) is 1.17. The van der Waals surface area contributed by atoms with Gasteiger partial charge in [0.25, 0.3) is 0 Å². The highest BCUT2D eigenvalue weighted by atomic mass is 16.5. The molecule has 0 fully saturated rings. The van der Waals surface area contributed by atoms with E-state index in [9.17, 15) is 9.59 Å². The van der Waals surface area contributed by atoms with Crippen LogP contribution in [0.4, 0.5) is 0 Å². The first-order valence-corrected chi connectivity index (χ1v) is 4.79. The van der Waals surface area contributed by atoms with E-state index in [0.717, 1.165) is 0 Å². The third-order valence-electron chi connectivity index (χ3n) is 2.66. The number of carbonyl (C=O) groups excluding carboxylic acids is 1. The Hall–Kier alpha value is -1.78. The second-order valence-corrected chi connectivity index (χ2v) is 4.15. The van der Waals surface area contributed by atoms with Crippen molar-refractivity contribution in [3.05, 3.63) is 23.5 Å². The first-order chi connectivity index (χ1) is 7.30. The van der Waals surface area contributed by atoms with Gasteiger partial charge in [-0.15, -0.1) is 0 Å². The Kier molecular flexibility index (Phi) is 3.07. The van der Waals surface area contributed by atoms with Crippen molar-refractivity contribution < 1.29 is 19.4 Å². The fourth-order valence-corrected chi connectivity index (χ4v) is 1.34. The van der Waals surface area contributed by atoms with Gasteiger partial charge in [-0.1, -0.05) is 0 Å². The van der Waals surface area contributed by atoms with E-state index in [-0.39, 0.29) is 0 Å². The van der Waals surface area contributed by atoms with Crippen molar-refractivity contribution in [1.29, 1.82) is 0 Å². The topological polar surface area (TPSA) is 68.5 Å². The van der Waals surface area contributed by atoms with Crippen LogP contribution >= 0.6 is 0 Å². The van der Waals surface area contributed by atoms with Crippen molar-refractivity contribution in [3.8, 4) is 0 Å². The standard InChI is InChI=1S/C11H15NO4/c1-11(2,10(14)15)7-5-8(9(13)16-4)12(3)6-7/h5-6H,1-4H3,(H,14,15). The molecule has 0 saturated carbocycles. The second-order valence-electron chi connectivity index (χ2n) is 4.15. The van der Waals surface area contributed by atoms with E-state index >= 15 is 0 Å². The minimum Gasteiger partial charge on any atom is -0.481 e. The molecule has 1 heterocycles. The zero-order chi connectivity index (χ0) is 12.5. The third-order valence-corrected chi connectivity index (χ3v) is 2.66. The van der Waals surface area contributed by atoms with Gasteiger partial charge in [-0.25, -0.2) is 4.79 Å². The summed E-state index contributed by atoms with van der Waals surface area (Å²) in [5.74, 6) is -1.41. The molecule has 0 radical (unpaired) electrons. The van der Waals surface area contributed by atoms with Gasteiger partial charge in [-0.3, -0.25) is 4.79 Å². The summed E-state index contributed by atoms with van der Waals surface area (Å²) in [6.45, 7) is 3.18. The molecular formula is C11H15NO4. The number of hydrogen-bond acceptors (Lipinski definition) is 3. The maximum atomic E-state index is 11.4. The average Bonchev–Trinajstić information content (AvgIpc) is 2.59. The zero-order valence-corrected chi connectivity index (χ0v) is 9.77. The number of nitrogens with zero attached hydrogens (tertiary/aromatic N) is 1. The number of esters is 1. The molecule has 0 aliphatic carbocycles. The predicted molar refractivity (Wildman–Crippen MR) is 57.4 cm³/mol. The van der Waals surface area contributed by atoms with Gasteiger partial charge in [-0.2, -0.15) is 0 Å². The Balaban J connectivity index is 3.20. The zero-order valence-electron chi connectivity index (χ0n) is 9.77. The Morgan fingerprint density at radius 1 is 1.44 bits per heavy atom. The van der Waals surface area contributed by atoms with Crippen LogP contribution in [0.2, 0.25) is 0 Å². The maximum absolute atomic E-state index is 11.4. The molecule has 5 nitrogen and oxygen atoms in total. The van der Waals surface area contributed by atoms with E-state index in [0.29, 0.717) is 11.3 Å². The second kappa shape index (κ2) is 4.00. The van der Waals surface area contributed by atoms with Crippen molar-refractivity contribution in [2.24, 2.45) is 7.05 Å². The number of methoxy groups -OCH3 is 1. The number of ether oxygens (including phenoxy) is 1. The monoisotopic (exact) mass is 225 g/mol. The molecule has 0 spiro atoms.